The van der Waals surface area contributed by atoms with Gasteiger partial charge in [-0.15, -0.1) is 0 Å². The van der Waals surface area contributed by atoms with E-state index in [-0.39, 0.29) is 5.41 Å². The molecule has 5 heteroatoms. The molecule has 1 heterocycles. The molecule has 2 rings (SSSR count). The average Bonchev–Trinajstić information content (AvgIpc) is 2.65. The van der Waals surface area contributed by atoms with Gasteiger partial charge in [0.15, 0.2) is 0 Å². The summed E-state index contributed by atoms with van der Waals surface area (Å²) in [4.78, 5) is 22.0. The number of carboxylic acid groups (broad SMARTS) is 1. The van der Waals surface area contributed by atoms with Crippen LogP contribution in [-0.2, 0) is 14.6 Å². The normalized spacial score (nSPS) is 29.4. The lowest BCUT2D eigenvalue weighted by Gasteiger charge is -2.37. The highest BCUT2D eigenvalue weighted by Gasteiger charge is 2.38. The summed E-state index contributed by atoms with van der Waals surface area (Å²) in [6.07, 6.45) is 7.06. The number of allylic oxidation sites excluding steroid dienone is 2. The van der Waals surface area contributed by atoms with Crippen molar-refractivity contribution in [3.63, 3.8) is 0 Å². The van der Waals surface area contributed by atoms with E-state index in [0.29, 0.717) is 19.3 Å². The average molecular weight is 409 g/mol. The molecular weight excluding hydrogens is 368 g/mol. The fraction of sp³-hybridized carbons (Fsp3) is 0.792. The van der Waals surface area contributed by atoms with E-state index < -0.39 is 29.7 Å². The van der Waals surface area contributed by atoms with Gasteiger partial charge in [-0.05, 0) is 89.5 Å². The molecule has 1 aliphatic heterocycles. The van der Waals surface area contributed by atoms with Gasteiger partial charge in [0.2, 0.25) is 0 Å². The van der Waals surface area contributed by atoms with E-state index in [2.05, 4.69) is 27.4 Å². The van der Waals surface area contributed by atoms with Crippen molar-refractivity contribution in [3.05, 3.63) is 23.3 Å². The second kappa shape index (κ2) is 9.76. The van der Waals surface area contributed by atoms with E-state index in [1.54, 1.807) is 6.92 Å². The minimum absolute atomic E-state index is 0.248. The fourth-order valence-corrected chi connectivity index (χ4v) is 4.70. The maximum absolute atomic E-state index is 11.1. The van der Waals surface area contributed by atoms with Gasteiger partial charge < -0.3 is 10.2 Å². The molecule has 29 heavy (non-hydrogen) atoms. The van der Waals surface area contributed by atoms with E-state index >= 15 is 0 Å². The maximum atomic E-state index is 11.1. The number of aliphatic hydroxyl groups excluding tert-OH is 1. The molecule has 166 valence electrons. The first kappa shape index (κ1) is 24.1. The summed E-state index contributed by atoms with van der Waals surface area (Å²) in [6, 6.07) is 0. The highest BCUT2D eigenvalue weighted by Crippen LogP contribution is 2.43. The molecule has 2 aliphatic rings. The van der Waals surface area contributed by atoms with Crippen LogP contribution in [0.15, 0.2) is 23.3 Å². The van der Waals surface area contributed by atoms with E-state index in [1.165, 1.54) is 30.4 Å². The monoisotopic (exact) mass is 408 g/mol. The topological polar surface area (TPSA) is 76.0 Å². The predicted octanol–water partition coefficient (Wildman–Crippen LogP) is 5.58. The van der Waals surface area contributed by atoms with E-state index in [9.17, 15) is 9.90 Å². The lowest BCUT2D eigenvalue weighted by molar-refractivity contribution is -0.411. The van der Waals surface area contributed by atoms with Crippen LogP contribution in [0.25, 0.3) is 0 Å². The summed E-state index contributed by atoms with van der Waals surface area (Å²) in [5, 5.41) is 19.7. The zero-order valence-corrected chi connectivity index (χ0v) is 18.9. The second-order valence-electron chi connectivity index (χ2n) is 10.0. The summed E-state index contributed by atoms with van der Waals surface area (Å²) >= 11 is 0. The van der Waals surface area contributed by atoms with Crippen LogP contribution in [0, 0.1) is 11.3 Å². The molecule has 2 N–H and O–H groups in total. The first-order chi connectivity index (χ1) is 13.4. The number of hydrogen-bond acceptors (Lipinski definition) is 4. The van der Waals surface area contributed by atoms with Crippen molar-refractivity contribution in [2.24, 2.45) is 11.3 Å². The minimum Gasteiger partial charge on any atom is -0.481 e. The summed E-state index contributed by atoms with van der Waals surface area (Å²) in [5.74, 6) is -1.47. The van der Waals surface area contributed by atoms with Gasteiger partial charge in [-0.3, -0.25) is 4.79 Å². The van der Waals surface area contributed by atoms with E-state index in [1.807, 2.05) is 6.92 Å². The van der Waals surface area contributed by atoms with Crippen molar-refractivity contribution in [3.8, 4) is 0 Å². The first-order valence-electron chi connectivity index (χ1n) is 11.1. The van der Waals surface area contributed by atoms with Gasteiger partial charge in [0.1, 0.15) is 11.7 Å². The highest BCUT2D eigenvalue weighted by atomic mass is 17.2. The van der Waals surface area contributed by atoms with Crippen molar-refractivity contribution in [1.29, 1.82) is 0 Å². The molecule has 1 saturated heterocycles. The van der Waals surface area contributed by atoms with E-state index in [0.717, 1.165) is 24.8 Å². The lowest BCUT2D eigenvalue weighted by atomic mass is 9.71. The third-order valence-corrected chi connectivity index (χ3v) is 7.08. The van der Waals surface area contributed by atoms with Crippen LogP contribution in [0.5, 0.6) is 0 Å². The fourth-order valence-electron chi connectivity index (χ4n) is 4.70. The molecule has 0 spiro atoms. The number of rotatable bonds is 9. The van der Waals surface area contributed by atoms with Crippen LogP contribution >= 0.6 is 0 Å². The second-order valence-corrected chi connectivity index (χ2v) is 10.0. The molecule has 5 nitrogen and oxygen atoms in total. The molecule has 4 atom stereocenters. The summed E-state index contributed by atoms with van der Waals surface area (Å²) in [6.45, 7) is 14.6. The van der Waals surface area contributed by atoms with Gasteiger partial charge in [0.05, 0.1) is 12.0 Å². The summed E-state index contributed by atoms with van der Waals surface area (Å²) in [5.41, 5.74) is 3.67. The number of aliphatic carboxylic acids is 1. The van der Waals surface area contributed by atoms with Crippen molar-refractivity contribution < 1.29 is 24.8 Å². The Hall–Kier alpha value is -1.17. The quantitative estimate of drug-likeness (QED) is 0.385. The van der Waals surface area contributed by atoms with Crippen LogP contribution in [0.4, 0.5) is 0 Å². The van der Waals surface area contributed by atoms with Crippen molar-refractivity contribution in [2.75, 3.05) is 0 Å². The molecule has 0 aromatic rings. The largest absolute Gasteiger partial charge is 0.481 e. The van der Waals surface area contributed by atoms with Crippen LogP contribution < -0.4 is 0 Å². The molecule has 0 aromatic heterocycles. The minimum atomic E-state index is -0.875. The number of hydrogen-bond donors (Lipinski definition) is 2. The Morgan fingerprint density at radius 1 is 1.31 bits per heavy atom. The van der Waals surface area contributed by atoms with Gasteiger partial charge in [0, 0.05) is 0 Å². The van der Waals surface area contributed by atoms with Gasteiger partial charge in [-0.1, -0.05) is 31.6 Å². The Labute approximate surface area is 176 Å². The Morgan fingerprint density at radius 3 is 2.55 bits per heavy atom. The van der Waals surface area contributed by atoms with Crippen LogP contribution in [0.2, 0.25) is 0 Å². The molecule has 0 bridgehead atoms. The van der Waals surface area contributed by atoms with Crippen LogP contribution in [0.1, 0.15) is 92.4 Å². The molecule has 0 amide bonds. The van der Waals surface area contributed by atoms with E-state index in [4.69, 9.17) is 14.9 Å². The Kier molecular flexibility index (Phi) is 8.11. The number of carbonyl (C=O) groups is 1. The Morgan fingerprint density at radius 2 is 2.00 bits per heavy atom. The van der Waals surface area contributed by atoms with Crippen molar-refractivity contribution in [1.82, 2.24) is 0 Å². The lowest BCUT2D eigenvalue weighted by Crippen LogP contribution is -2.41. The third kappa shape index (κ3) is 6.40. The van der Waals surface area contributed by atoms with Gasteiger partial charge in [-0.25, -0.2) is 9.78 Å². The Bertz CT molecular complexity index is 625. The van der Waals surface area contributed by atoms with Crippen molar-refractivity contribution >= 4 is 5.97 Å². The van der Waals surface area contributed by atoms with Crippen LogP contribution in [0.3, 0.4) is 0 Å². The first-order valence-corrected chi connectivity index (χ1v) is 11.1. The summed E-state index contributed by atoms with van der Waals surface area (Å²) < 4.78 is 0. The highest BCUT2D eigenvalue weighted by molar-refractivity contribution is 5.70. The zero-order chi connectivity index (χ0) is 21.8. The van der Waals surface area contributed by atoms with Gasteiger partial charge in [-0.2, -0.15) is 0 Å². The van der Waals surface area contributed by atoms with Gasteiger partial charge in [0.25, 0.3) is 0 Å². The smallest absolute Gasteiger partial charge is 0.308 e. The molecular formula is C24H40O5. The summed E-state index contributed by atoms with van der Waals surface area (Å²) in [7, 11) is 0. The maximum Gasteiger partial charge on any atom is 0.308 e. The molecule has 0 saturated carbocycles. The van der Waals surface area contributed by atoms with Crippen LogP contribution in [-0.4, -0.2) is 34.0 Å². The zero-order valence-electron chi connectivity index (χ0n) is 18.9. The number of carboxylic acids is 1. The predicted molar refractivity (Wildman–Crippen MR) is 114 cm³/mol. The SMILES string of the molecule is C=C(CCC1=C(C)CCCC1(C)C)[C@@H](O)CC[C@]1(C)CC[C@H]([C@H](C)C(=O)O)OO1. The standard InChI is InChI=1S/C24H40O5/c1-16-8-7-13-23(4,5)19(16)10-9-17(2)20(25)11-14-24(6)15-12-21(28-29-24)18(3)22(26)27/h18,20-21,25H,2,7-15H2,1,3-6H3,(H,26,27)/t18-,20-,21+,24+/m0/s1. The molecule has 0 aromatic carbocycles. The molecule has 1 aliphatic carbocycles. The Balaban J connectivity index is 1.79. The third-order valence-electron chi connectivity index (χ3n) is 7.08. The van der Waals surface area contributed by atoms with Gasteiger partial charge >= 0.3 is 5.97 Å². The molecule has 0 unspecified atom stereocenters. The number of aliphatic hydroxyl groups is 1. The molecule has 1 fully saturated rings. The van der Waals surface area contributed by atoms with Crippen molar-refractivity contribution in [2.45, 2.75) is 110 Å². The molecule has 0 radical (unpaired) electrons.